The Bertz CT molecular complexity index is 2190. The van der Waals surface area contributed by atoms with E-state index in [1.165, 1.54) is 16.7 Å². The van der Waals surface area contributed by atoms with E-state index in [2.05, 4.69) is 15.5 Å². The molecule has 260 valence electrons. The molecule has 2 amide bonds. The summed E-state index contributed by atoms with van der Waals surface area (Å²) >= 11 is 1.47. The summed E-state index contributed by atoms with van der Waals surface area (Å²) < 4.78 is 14.8. The van der Waals surface area contributed by atoms with Gasteiger partial charge in [-0.25, -0.2) is 0 Å². The van der Waals surface area contributed by atoms with Gasteiger partial charge in [0.05, 0.1) is 42.2 Å². The number of fused-ring (bicyclic) bond motifs is 1. The molecule has 11 nitrogen and oxygen atoms in total. The zero-order valence-corrected chi connectivity index (χ0v) is 28.6. The number of benzene rings is 5. The standard InChI is InChI=1S/C40H33N5O6S/c46-23-25-9-11-27(12-10-25)36-21-32(24-52-40-41-42-43-45(40)30-17-19-31(47)20-18-30)50-39(51-36)28-15-13-26(14-16-28)33-6-2-1-5-29(33)22-44-37(48)34-7-3-4-8-35(34)38(44)49/h1-20,32,36,39,46-47H,21-24H2/t32-,36+,39+/m1/s1. The van der Waals surface area contributed by atoms with Crippen LogP contribution in [-0.2, 0) is 22.6 Å². The van der Waals surface area contributed by atoms with Gasteiger partial charge in [0.15, 0.2) is 6.29 Å². The molecule has 52 heavy (non-hydrogen) atoms. The summed E-state index contributed by atoms with van der Waals surface area (Å²) in [6.45, 7) is 0.117. The van der Waals surface area contributed by atoms with Gasteiger partial charge >= 0.3 is 0 Å². The Balaban J connectivity index is 1.02. The van der Waals surface area contributed by atoms with Crippen molar-refractivity contribution in [2.45, 2.75) is 43.2 Å². The van der Waals surface area contributed by atoms with E-state index < -0.39 is 6.29 Å². The fourth-order valence-corrected chi connectivity index (χ4v) is 7.44. The number of phenols is 1. The lowest BCUT2D eigenvalue weighted by Crippen LogP contribution is -2.31. The first-order valence-corrected chi connectivity index (χ1v) is 17.8. The second kappa shape index (κ2) is 14.5. The SMILES string of the molecule is O=C1c2ccccc2C(=O)N1Cc1ccccc1-c1ccc([C@H]2O[C@@H](CSc3nnnn3-c3ccc(O)cc3)C[C@@H](c3ccc(CO)cc3)O2)cc1. The van der Waals surface area contributed by atoms with Crippen molar-refractivity contribution in [1.29, 1.82) is 0 Å². The highest BCUT2D eigenvalue weighted by molar-refractivity contribution is 7.99. The van der Waals surface area contributed by atoms with Gasteiger partial charge in [0.1, 0.15) is 5.75 Å². The van der Waals surface area contributed by atoms with Crippen LogP contribution in [-0.4, -0.2) is 59.0 Å². The van der Waals surface area contributed by atoms with Crippen molar-refractivity contribution < 1.29 is 29.3 Å². The minimum Gasteiger partial charge on any atom is -0.508 e. The predicted molar refractivity (Wildman–Crippen MR) is 192 cm³/mol. The fraction of sp³-hybridized carbons (Fsp3) is 0.175. The zero-order valence-electron chi connectivity index (χ0n) is 27.8. The lowest BCUT2D eigenvalue weighted by molar-refractivity contribution is -0.245. The van der Waals surface area contributed by atoms with Gasteiger partial charge in [-0.3, -0.25) is 14.5 Å². The van der Waals surface area contributed by atoms with Crippen LogP contribution in [0, 0.1) is 0 Å². The van der Waals surface area contributed by atoms with Gasteiger partial charge < -0.3 is 19.7 Å². The molecule has 1 saturated heterocycles. The molecule has 1 fully saturated rings. The topological polar surface area (TPSA) is 140 Å². The Morgan fingerprint density at radius 1 is 0.750 bits per heavy atom. The van der Waals surface area contributed by atoms with E-state index in [-0.39, 0.29) is 42.9 Å². The van der Waals surface area contributed by atoms with E-state index in [0.29, 0.717) is 28.5 Å². The molecule has 5 aromatic carbocycles. The Labute approximate surface area is 303 Å². The van der Waals surface area contributed by atoms with Gasteiger partial charge in [0.25, 0.3) is 11.8 Å². The van der Waals surface area contributed by atoms with E-state index in [9.17, 15) is 19.8 Å². The number of amides is 2. The third kappa shape index (κ3) is 6.72. The molecule has 6 aromatic rings. The quantitative estimate of drug-likeness (QED) is 0.117. The summed E-state index contributed by atoms with van der Waals surface area (Å²) in [5.74, 6) is 0.126. The third-order valence-electron chi connectivity index (χ3n) is 9.27. The average molecular weight is 712 g/mol. The minimum absolute atomic E-state index is 0.0413. The largest absolute Gasteiger partial charge is 0.508 e. The van der Waals surface area contributed by atoms with Crippen LogP contribution in [0.4, 0.5) is 0 Å². The Hall–Kier alpha value is -5.66. The van der Waals surface area contributed by atoms with Crippen LogP contribution < -0.4 is 0 Å². The van der Waals surface area contributed by atoms with Gasteiger partial charge in [-0.1, -0.05) is 96.7 Å². The lowest BCUT2D eigenvalue weighted by atomic mass is 9.97. The maximum absolute atomic E-state index is 13.1. The molecule has 0 aliphatic carbocycles. The molecule has 0 unspecified atom stereocenters. The number of carbonyl (C=O) groups is 2. The van der Waals surface area contributed by atoms with Crippen LogP contribution in [0.2, 0.25) is 0 Å². The molecular weight excluding hydrogens is 679 g/mol. The van der Waals surface area contributed by atoms with Crippen molar-refractivity contribution >= 4 is 23.6 Å². The first-order valence-electron chi connectivity index (χ1n) is 16.8. The molecule has 12 heteroatoms. The number of phenolic OH excluding ortho intramolecular Hbond substituents is 1. The van der Waals surface area contributed by atoms with Crippen molar-refractivity contribution in [2.75, 3.05) is 5.75 Å². The number of nitrogens with zero attached hydrogens (tertiary/aromatic N) is 5. The Kier molecular flexibility index (Phi) is 9.35. The highest BCUT2D eigenvalue weighted by Crippen LogP contribution is 2.40. The highest BCUT2D eigenvalue weighted by atomic mass is 32.2. The molecule has 2 aliphatic rings. The molecule has 3 heterocycles. The number of aliphatic hydroxyl groups excluding tert-OH is 1. The van der Waals surface area contributed by atoms with Gasteiger partial charge in [-0.2, -0.15) is 4.68 Å². The summed E-state index contributed by atoms with van der Waals surface area (Å²) in [6.07, 6.45) is -0.578. The Morgan fingerprint density at radius 3 is 2.10 bits per heavy atom. The number of hydrogen-bond acceptors (Lipinski definition) is 10. The van der Waals surface area contributed by atoms with Crippen molar-refractivity contribution in [3.05, 3.63) is 155 Å². The van der Waals surface area contributed by atoms with Crippen LogP contribution in [0.25, 0.3) is 16.8 Å². The molecule has 0 radical (unpaired) electrons. The fourth-order valence-electron chi connectivity index (χ4n) is 6.53. The number of hydrogen-bond donors (Lipinski definition) is 2. The average Bonchev–Trinajstić information content (AvgIpc) is 3.76. The second-order valence-electron chi connectivity index (χ2n) is 12.6. The maximum Gasteiger partial charge on any atom is 0.261 e. The van der Waals surface area contributed by atoms with Crippen molar-refractivity contribution in [3.8, 4) is 22.6 Å². The van der Waals surface area contributed by atoms with E-state index in [1.807, 2.05) is 72.8 Å². The molecule has 0 saturated carbocycles. The monoisotopic (exact) mass is 711 g/mol. The first-order chi connectivity index (χ1) is 25.4. The number of aliphatic hydroxyl groups is 1. The third-order valence-corrected chi connectivity index (χ3v) is 10.3. The van der Waals surface area contributed by atoms with Crippen LogP contribution in [0.1, 0.15) is 61.8 Å². The molecule has 2 N–H and O–H groups in total. The molecule has 1 aromatic heterocycles. The first kappa shape index (κ1) is 33.5. The number of thioether (sulfide) groups is 1. The molecule has 0 spiro atoms. The van der Waals surface area contributed by atoms with Crippen LogP contribution in [0.5, 0.6) is 5.75 Å². The summed E-state index contributed by atoms with van der Waals surface area (Å²) in [5.41, 5.74) is 6.91. The summed E-state index contributed by atoms with van der Waals surface area (Å²) in [5, 5.41) is 32.1. The summed E-state index contributed by atoms with van der Waals surface area (Å²) in [6, 6.07) is 37.0. The number of tetrazole rings is 1. The molecule has 0 bridgehead atoms. The summed E-state index contributed by atoms with van der Waals surface area (Å²) in [4.78, 5) is 27.5. The van der Waals surface area contributed by atoms with Crippen LogP contribution in [0.15, 0.2) is 126 Å². The van der Waals surface area contributed by atoms with Crippen molar-refractivity contribution in [2.24, 2.45) is 0 Å². The zero-order chi connectivity index (χ0) is 35.6. The molecule has 2 aliphatic heterocycles. The number of ether oxygens (including phenoxy) is 2. The predicted octanol–water partition coefficient (Wildman–Crippen LogP) is 6.66. The van der Waals surface area contributed by atoms with Crippen molar-refractivity contribution in [1.82, 2.24) is 25.1 Å². The Morgan fingerprint density at radius 2 is 1.40 bits per heavy atom. The van der Waals surface area contributed by atoms with Crippen LogP contribution in [0.3, 0.4) is 0 Å². The number of imide groups is 1. The molecule has 8 rings (SSSR count). The smallest absolute Gasteiger partial charge is 0.261 e. The van der Waals surface area contributed by atoms with E-state index in [1.54, 1.807) is 53.2 Å². The van der Waals surface area contributed by atoms with E-state index in [4.69, 9.17) is 9.47 Å². The maximum atomic E-state index is 13.1. The number of rotatable bonds is 10. The number of aromatic hydroxyl groups is 1. The highest BCUT2D eigenvalue weighted by Gasteiger charge is 2.36. The molecule has 3 atom stereocenters. The van der Waals surface area contributed by atoms with Gasteiger partial charge in [-0.05, 0) is 74.6 Å². The minimum atomic E-state index is -0.669. The number of aromatic nitrogens is 4. The second-order valence-corrected chi connectivity index (χ2v) is 13.6. The number of carbonyl (C=O) groups excluding carboxylic acids is 2. The molecular formula is C40H33N5O6S. The van der Waals surface area contributed by atoms with Crippen LogP contribution >= 0.6 is 11.8 Å². The van der Waals surface area contributed by atoms with E-state index in [0.717, 1.165) is 39.1 Å². The normalized spacial score (nSPS) is 18.5. The van der Waals surface area contributed by atoms with Gasteiger partial charge in [0.2, 0.25) is 5.16 Å². The lowest BCUT2D eigenvalue weighted by Gasteiger charge is -2.36. The van der Waals surface area contributed by atoms with E-state index >= 15 is 0 Å². The van der Waals surface area contributed by atoms with Gasteiger partial charge in [-0.15, -0.1) is 5.10 Å². The van der Waals surface area contributed by atoms with Crippen molar-refractivity contribution in [3.63, 3.8) is 0 Å². The van der Waals surface area contributed by atoms with Gasteiger partial charge in [0, 0.05) is 17.7 Å². The summed E-state index contributed by atoms with van der Waals surface area (Å²) in [7, 11) is 0.